The van der Waals surface area contributed by atoms with Crippen molar-refractivity contribution >= 4 is 17.5 Å². The number of aromatic nitrogens is 1. The van der Waals surface area contributed by atoms with E-state index in [0.29, 0.717) is 17.1 Å². The third-order valence-electron chi connectivity index (χ3n) is 4.17. The van der Waals surface area contributed by atoms with Crippen molar-refractivity contribution in [1.82, 2.24) is 4.57 Å². The number of ether oxygens (including phenoxy) is 2. The summed E-state index contributed by atoms with van der Waals surface area (Å²) in [6.45, 7) is 0.0186. The third kappa shape index (κ3) is 3.30. The molecular weight excluding hydrogens is 348 g/mol. The normalized spacial score (nSPS) is 12.4. The number of benzene rings is 2. The molecule has 0 aliphatic carbocycles. The molecule has 3 aromatic rings. The van der Waals surface area contributed by atoms with Crippen LogP contribution in [0.5, 0.6) is 11.5 Å². The van der Waals surface area contributed by atoms with Gasteiger partial charge >= 0.3 is 0 Å². The number of nitro benzene ring substituents is 1. The van der Waals surface area contributed by atoms with Crippen molar-refractivity contribution in [3.8, 4) is 17.2 Å². The number of nitro groups is 1. The van der Waals surface area contributed by atoms with Crippen molar-refractivity contribution in [2.24, 2.45) is 0 Å². The Balaban J connectivity index is 1.63. The Morgan fingerprint density at radius 1 is 1.07 bits per heavy atom. The van der Waals surface area contributed by atoms with E-state index >= 15 is 0 Å². The molecular formula is C20H14N2O5. The Labute approximate surface area is 154 Å². The molecule has 0 amide bonds. The smallest absolute Gasteiger partial charge is 0.280 e. The van der Waals surface area contributed by atoms with Crippen LogP contribution >= 0.6 is 0 Å². The van der Waals surface area contributed by atoms with Crippen molar-refractivity contribution in [3.05, 3.63) is 88.2 Å². The number of hydrogen-bond acceptors (Lipinski definition) is 5. The Bertz CT molecular complexity index is 1050. The van der Waals surface area contributed by atoms with E-state index in [9.17, 15) is 14.9 Å². The molecule has 0 saturated carbocycles. The summed E-state index contributed by atoms with van der Waals surface area (Å²) in [7, 11) is 0. The second-order valence-corrected chi connectivity index (χ2v) is 5.86. The number of rotatable bonds is 5. The molecule has 1 aliphatic rings. The fourth-order valence-electron chi connectivity index (χ4n) is 2.83. The number of ketones is 1. The minimum Gasteiger partial charge on any atom is -0.454 e. The number of nitrogens with zero attached hydrogens (tertiary/aromatic N) is 2. The first-order chi connectivity index (χ1) is 13.1. The van der Waals surface area contributed by atoms with Gasteiger partial charge in [0.2, 0.25) is 6.79 Å². The third-order valence-corrected chi connectivity index (χ3v) is 4.17. The molecule has 4 rings (SSSR count). The van der Waals surface area contributed by atoms with E-state index in [1.54, 1.807) is 18.2 Å². The molecule has 7 nitrogen and oxygen atoms in total. The Hall–Kier alpha value is -3.87. The van der Waals surface area contributed by atoms with Gasteiger partial charge in [-0.1, -0.05) is 12.1 Å². The molecule has 0 fully saturated rings. The van der Waals surface area contributed by atoms with Gasteiger partial charge in [0.25, 0.3) is 5.69 Å². The van der Waals surface area contributed by atoms with Gasteiger partial charge in [0.05, 0.1) is 16.6 Å². The van der Waals surface area contributed by atoms with Crippen molar-refractivity contribution < 1.29 is 19.2 Å². The lowest BCUT2D eigenvalue weighted by molar-refractivity contribution is -0.385. The number of carbonyl (C=O) groups is 1. The second kappa shape index (κ2) is 6.80. The molecule has 1 aliphatic heterocycles. The highest BCUT2D eigenvalue weighted by atomic mass is 16.7. The first-order valence-corrected chi connectivity index (χ1v) is 8.16. The highest BCUT2D eigenvalue weighted by molar-refractivity contribution is 6.07. The van der Waals surface area contributed by atoms with Gasteiger partial charge in [-0.2, -0.15) is 0 Å². The van der Waals surface area contributed by atoms with Crippen LogP contribution in [0.2, 0.25) is 0 Å². The fourth-order valence-corrected chi connectivity index (χ4v) is 2.83. The van der Waals surface area contributed by atoms with Gasteiger partial charge in [-0.3, -0.25) is 14.9 Å². The topological polar surface area (TPSA) is 83.6 Å². The minimum atomic E-state index is -0.515. The zero-order valence-electron chi connectivity index (χ0n) is 14.1. The SMILES string of the molecule is O=C(/C=C/c1cc2c(cc1[N+](=O)[O-])OCO2)c1cccc(-n2cccc2)c1. The summed E-state index contributed by atoms with van der Waals surface area (Å²) in [5.74, 6) is 0.489. The summed E-state index contributed by atoms with van der Waals surface area (Å²) in [5.41, 5.74) is 1.47. The number of fused-ring (bicyclic) bond motifs is 1. The molecule has 1 aromatic heterocycles. The molecule has 0 atom stereocenters. The number of carbonyl (C=O) groups excluding carboxylic acids is 1. The average molecular weight is 362 g/mol. The maximum Gasteiger partial charge on any atom is 0.280 e. The van der Waals surface area contributed by atoms with Gasteiger partial charge in [0.1, 0.15) is 0 Å². The molecule has 2 aromatic carbocycles. The molecule has 134 valence electrons. The van der Waals surface area contributed by atoms with Crippen LogP contribution in [0.3, 0.4) is 0 Å². The summed E-state index contributed by atoms with van der Waals surface area (Å²) in [5, 5.41) is 11.3. The number of hydrogen-bond donors (Lipinski definition) is 0. The average Bonchev–Trinajstić information content (AvgIpc) is 3.36. The zero-order chi connectivity index (χ0) is 18.8. The standard InChI is InChI=1S/C20H14N2O5/c23-18(15-4-3-5-16(10-15)21-8-1-2-9-21)7-6-14-11-19-20(27-13-26-19)12-17(14)22(24)25/h1-12H,13H2/b7-6+. The van der Waals surface area contributed by atoms with Gasteiger partial charge in [0.15, 0.2) is 17.3 Å². The van der Waals surface area contributed by atoms with Crippen LogP contribution in [0.4, 0.5) is 5.69 Å². The van der Waals surface area contributed by atoms with Gasteiger partial charge in [-0.05, 0) is 42.5 Å². The molecule has 27 heavy (non-hydrogen) atoms. The lowest BCUT2D eigenvalue weighted by Gasteiger charge is -2.04. The van der Waals surface area contributed by atoms with Gasteiger partial charge in [-0.15, -0.1) is 0 Å². The van der Waals surface area contributed by atoms with E-state index in [1.165, 1.54) is 24.3 Å². The van der Waals surface area contributed by atoms with E-state index in [-0.39, 0.29) is 23.8 Å². The lowest BCUT2D eigenvalue weighted by Crippen LogP contribution is -1.98. The summed E-state index contributed by atoms with van der Waals surface area (Å²) in [6.07, 6.45) is 6.51. The van der Waals surface area contributed by atoms with E-state index in [2.05, 4.69) is 0 Å². The Morgan fingerprint density at radius 3 is 2.56 bits per heavy atom. The van der Waals surface area contributed by atoms with E-state index in [0.717, 1.165) is 5.69 Å². The monoisotopic (exact) mass is 362 g/mol. The summed E-state index contributed by atoms with van der Waals surface area (Å²) >= 11 is 0. The number of allylic oxidation sites excluding steroid dienone is 1. The quantitative estimate of drug-likeness (QED) is 0.296. The molecule has 0 saturated heterocycles. The van der Waals surface area contributed by atoms with E-state index < -0.39 is 4.92 Å². The molecule has 0 radical (unpaired) electrons. The van der Waals surface area contributed by atoms with Crippen LogP contribution < -0.4 is 9.47 Å². The van der Waals surface area contributed by atoms with Crippen LogP contribution in [0.15, 0.2) is 67.0 Å². The molecule has 0 spiro atoms. The van der Waals surface area contributed by atoms with Gasteiger partial charge in [-0.25, -0.2) is 0 Å². The molecule has 0 bridgehead atoms. The van der Waals surface area contributed by atoms with Crippen molar-refractivity contribution in [1.29, 1.82) is 0 Å². The largest absolute Gasteiger partial charge is 0.454 e. The predicted molar refractivity (Wildman–Crippen MR) is 98.4 cm³/mol. The van der Waals surface area contributed by atoms with Gasteiger partial charge in [0, 0.05) is 23.6 Å². The van der Waals surface area contributed by atoms with Crippen LogP contribution in [-0.4, -0.2) is 22.1 Å². The fraction of sp³-hybridized carbons (Fsp3) is 0.0500. The van der Waals surface area contributed by atoms with Crippen LogP contribution in [0.1, 0.15) is 15.9 Å². The lowest BCUT2D eigenvalue weighted by atomic mass is 10.1. The summed E-state index contributed by atoms with van der Waals surface area (Å²) < 4.78 is 12.3. The predicted octanol–water partition coefficient (Wildman–Crippen LogP) is 4.01. The van der Waals surface area contributed by atoms with Crippen molar-refractivity contribution in [3.63, 3.8) is 0 Å². The van der Waals surface area contributed by atoms with Crippen molar-refractivity contribution in [2.75, 3.05) is 6.79 Å². The summed E-state index contributed by atoms with van der Waals surface area (Å²) in [4.78, 5) is 23.3. The molecule has 7 heteroatoms. The first kappa shape index (κ1) is 16.6. The molecule has 0 unspecified atom stereocenters. The molecule has 0 N–H and O–H groups in total. The van der Waals surface area contributed by atoms with Crippen LogP contribution in [0, 0.1) is 10.1 Å². The minimum absolute atomic E-state index is 0.0186. The van der Waals surface area contributed by atoms with Gasteiger partial charge < -0.3 is 14.0 Å². The van der Waals surface area contributed by atoms with E-state index in [4.69, 9.17) is 9.47 Å². The van der Waals surface area contributed by atoms with Crippen molar-refractivity contribution in [2.45, 2.75) is 0 Å². The van der Waals surface area contributed by atoms with Crippen LogP contribution in [-0.2, 0) is 0 Å². The molecule has 2 heterocycles. The first-order valence-electron chi connectivity index (χ1n) is 8.16. The maximum atomic E-state index is 12.5. The van der Waals surface area contributed by atoms with E-state index in [1.807, 2.05) is 35.2 Å². The van der Waals surface area contributed by atoms with Crippen LogP contribution in [0.25, 0.3) is 11.8 Å². The second-order valence-electron chi connectivity index (χ2n) is 5.86. The highest BCUT2D eigenvalue weighted by Crippen LogP contribution is 2.38. The summed E-state index contributed by atoms with van der Waals surface area (Å²) in [6, 6.07) is 13.7. The highest BCUT2D eigenvalue weighted by Gasteiger charge is 2.22. The Kier molecular flexibility index (Phi) is 4.18. The zero-order valence-corrected chi connectivity index (χ0v) is 14.1. The maximum absolute atomic E-state index is 12.5. The Morgan fingerprint density at radius 2 is 1.81 bits per heavy atom.